The molecule has 0 saturated carbocycles. The molecule has 0 aliphatic carbocycles. The zero-order valence-corrected chi connectivity index (χ0v) is 11.9. The first-order valence-electron chi connectivity index (χ1n) is 5.15. The summed E-state index contributed by atoms with van der Waals surface area (Å²) in [5.74, 6) is -0.153. The van der Waals surface area contributed by atoms with E-state index in [2.05, 4.69) is 10.5 Å². The molecule has 2 aromatic rings. The maximum atomic E-state index is 10.4. The number of halogens is 3. The average Bonchev–Trinajstić information content (AvgIpc) is 2.81. The Labute approximate surface area is 128 Å². The predicted molar refractivity (Wildman–Crippen MR) is 78.1 cm³/mol. The van der Waals surface area contributed by atoms with Crippen LogP contribution in [0.4, 0.5) is 11.6 Å². The SMILES string of the molecule is O=[N+]([O-])c1ccc(/C=N/Nc2c(Cl)cc(Cl)cc2Cl)o1. The first-order valence-corrected chi connectivity index (χ1v) is 6.28. The summed E-state index contributed by atoms with van der Waals surface area (Å²) in [4.78, 5) is 9.79. The zero-order chi connectivity index (χ0) is 14.7. The number of hydrogen-bond donors (Lipinski definition) is 1. The van der Waals surface area contributed by atoms with Crippen molar-refractivity contribution in [3.63, 3.8) is 0 Å². The summed E-state index contributed by atoms with van der Waals surface area (Å²) < 4.78 is 4.89. The van der Waals surface area contributed by atoms with Gasteiger partial charge in [-0.05, 0) is 18.2 Å². The van der Waals surface area contributed by atoms with Crippen LogP contribution in [-0.4, -0.2) is 11.1 Å². The molecule has 2 rings (SSSR count). The van der Waals surface area contributed by atoms with Crippen LogP contribution in [0.2, 0.25) is 15.1 Å². The van der Waals surface area contributed by atoms with Gasteiger partial charge in [0.2, 0.25) is 0 Å². The molecule has 0 aliphatic rings. The van der Waals surface area contributed by atoms with Crippen LogP contribution < -0.4 is 5.43 Å². The molecule has 0 amide bonds. The number of rotatable bonds is 4. The highest BCUT2D eigenvalue weighted by atomic mass is 35.5. The lowest BCUT2D eigenvalue weighted by molar-refractivity contribution is -0.402. The van der Waals surface area contributed by atoms with E-state index < -0.39 is 4.92 Å². The van der Waals surface area contributed by atoms with Gasteiger partial charge in [-0.15, -0.1) is 0 Å². The molecule has 0 saturated heterocycles. The second kappa shape index (κ2) is 6.13. The van der Waals surface area contributed by atoms with Gasteiger partial charge in [0.25, 0.3) is 0 Å². The summed E-state index contributed by atoms with van der Waals surface area (Å²) in [5.41, 5.74) is 2.98. The number of hydrogen-bond acceptors (Lipinski definition) is 5. The number of benzene rings is 1. The highest BCUT2D eigenvalue weighted by Crippen LogP contribution is 2.33. The van der Waals surface area contributed by atoms with Gasteiger partial charge in [0.05, 0.1) is 28.0 Å². The molecule has 0 bridgehead atoms. The molecule has 1 aromatic carbocycles. The molecule has 1 heterocycles. The Bertz CT molecular complexity index is 662. The van der Waals surface area contributed by atoms with Crippen molar-refractivity contribution in [3.05, 3.63) is 55.2 Å². The van der Waals surface area contributed by atoms with Crippen LogP contribution >= 0.6 is 34.8 Å². The summed E-state index contributed by atoms with van der Waals surface area (Å²) >= 11 is 17.7. The molecule has 0 fully saturated rings. The minimum atomic E-state index is -0.641. The number of nitro groups is 1. The fourth-order valence-corrected chi connectivity index (χ4v) is 2.22. The number of anilines is 1. The molecule has 9 heteroatoms. The fourth-order valence-electron chi connectivity index (χ4n) is 1.32. The predicted octanol–water partition coefficient (Wildman–Crippen LogP) is 4.59. The number of nitrogens with one attached hydrogen (secondary N) is 1. The van der Waals surface area contributed by atoms with Gasteiger partial charge in [0.15, 0.2) is 5.76 Å². The Hall–Kier alpha value is -1.76. The number of furan rings is 1. The molecule has 0 spiro atoms. The first kappa shape index (κ1) is 14.6. The van der Waals surface area contributed by atoms with Crippen molar-refractivity contribution in [1.29, 1.82) is 0 Å². The van der Waals surface area contributed by atoms with Crippen molar-refractivity contribution >= 4 is 52.6 Å². The lowest BCUT2D eigenvalue weighted by Gasteiger charge is -2.05. The molecule has 1 N–H and O–H groups in total. The van der Waals surface area contributed by atoms with Crippen LogP contribution in [0.1, 0.15) is 5.76 Å². The van der Waals surface area contributed by atoms with Gasteiger partial charge in [-0.1, -0.05) is 34.8 Å². The molecular weight excluding hydrogens is 328 g/mol. The standard InChI is InChI=1S/C11H6Cl3N3O3/c12-6-3-8(13)11(9(14)4-6)16-15-5-7-1-2-10(20-7)17(18)19/h1-5,16H/b15-5+. The van der Waals surface area contributed by atoms with Crippen LogP contribution in [-0.2, 0) is 0 Å². The van der Waals surface area contributed by atoms with Crippen LogP contribution in [0.25, 0.3) is 0 Å². The highest BCUT2D eigenvalue weighted by Gasteiger charge is 2.10. The summed E-state index contributed by atoms with van der Waals surface area (Å²) in [7, 11) is 0. The van der Waals surface area contributed by atoms with Crippen molar-refractivity contribution in [1.82, 2.24) is 0 Å². The van der Waals surface area contributed by atoms with E-state index in [1.807, 2.05) is 0 Å². The number of hydrazone groups is 1. The normalized spacial score (nSPS) is 10.9. The number of nitrogens with zero attached hydrogens (tertiary/aromatic N) is 2. The van der Waals surface area contributed by atoms with Crippen LogP contribution in [0, 0.1) is 10.1 Å². The Morgan fingerprint density at radius 3 is 2.45 bits per heavy atom. The van der Waals surface area contributed by atoms with Gasteiger partial charge in [-0.2, -0.15) is 5.10 Å². The van der Waals surface area contributed by atoms with Gasteiger partial charge >= 0.3 is 5.88 Å². The summed E-state index contributed by atoms with van der Waals surface area (Å²) in [6, 6.07) is 5.65. The van der Waals surface area contributed by atoms with Crippen molar-refractivity contribution < 1.29 is 9.34 Å². The first-order chi connectivity index (χ1) is 9.47. The van der Waals surface area contributed by atoms with Gasteiger partial charge in [-0.25, -0.2) is 0 Å². The lowest BCUT2D eigenvalue weighted by Crippen LogP contribution is -1.92. The maximum absolute atomic E-state index is 10.4. The minimum absolute atomic E-state index is 0.213. The molecule has 0 unspecified atom stereocenters. The van der Waals surface area contributed by atoms with E-state index in [9.17, 15) is 10.1 Å². The van der Waals surface area contributed by atoms with Gasteiger partial charge < -0.3 is 4.42 Å². The van der Waals surface area contributed by atoms with E-state index in [1.165, 1.54) is 30.5 Å². The smallest absolute Gasteiger partial charge is 0.400 e. The Morgan fingerprint density at radius 2 is 1.90 bits per heavy atom. The van der Waals surface area contributed by atoms with E-state index >= 15 is 0 Å². The van der Waals surface area contributed by atoms with E-state index in [4.69, 9.17) is 39.2 Å². The Balaban J connectivity index is 2.12. The fraction of sp³-hybridized carbons (Fsp3) is 0. The molecule has 0 aliphatic heterocycles. The van der Waals surface area contributed by atoms with Crippen molar-refractivity contribution in [2.45, 2.75) is 0 Å². The Kier molecular flexibility index (Phi) is 4.49. The molecule has 0 radical (unpaired) electrons. The molecule has 6 nitrogen and oxygen atoms in total. The van der Waals surface area contributed by atoms with Gasteiger partial charge in [-0.3, -0.25) is 15.5 Å². The van der Waals surface area contributed by atoms with Crippen LogP contribution in [0.3, 0.4) is 0 Å². The van der Waals surface area contributed by atoms with Gasteiger partial charge in [0, 0.05) is 5.02 Å². The highest BCUT2D eigenvalue weighted by molar-refractivity contribution is 6.41. The Morgan fingerprint density at radius 1 is 1.25 bits per heavy atom. The topological polar surface area (TPSA) is 80.7 Å². The quantitative estimate of drug-likeness (QED) is 0.503. The van der Waals surface area contributed by atoms with Crippen LogP contribution in [0.15, 0.2) is 33.8 Å². The monoisotopic (exact) mass is 333 g/mol. The van der Waals surface area contributed by atoms with E-state index in [1.54, 1.807) is 0 Å². The minimum Gasteiger partial charge on any atom is -0.400 e. The second-order valence-electron chi connectivity index (χ2n) is 3.55. The molecule has 104 valence electrons. The third kappa shape index (κ3) is 3.41. The van der Waals surface area contributed by atoms with Crippen molar-refractivity contribution in [2.24, 2.45) is 5.10 Å². The summed E-state index contributed by atoms with van der Waals surface area (Å²) in [5, 5.41) is 15.3. The van der Waals surface area contributed by atoms with Crippen LogP contribution in [0.5, 0.6) is 0 Å². The van der Waals surface area contributed by atoms with Crippen molar-refractivity contribution in [3.8, 4) is 0 Å². The summed E-state index contributed by atoms with van der Waals surface area (Å²) in [6.07, 6.45) is 1.26. The maximum Gasteiger partial charge on any atom is 0.433 e. The van der Waals surface area contributed by atoms with Gasteiger partial charge in [0.1, 0.15) is 4.92 Å². The molecule has 0 atom stereocenters. The second-order valence-corrected chi connectivity index (χ2v) is 4.80. The van der Waals surface area contributed by atoms with E-state index in [0.717, 1.165) is 0 Å². The molecule has 20 heavy (non-hydrogen) atoms. The molecule has 1 aromatic heterocycles. The zero-order valence-electron chi connectivity index (χ0n) is 9.64. The van der Waals surface area contributed by atoms with Crippen molar-refractivity contribution in [2.75, 3.05) is 5.43 Å². The van der Waals surface area contributed by atoms with E-state index in [-0.39, 0.29) is 11.6 Å². The average molecular weight is 335 g/mol. The third-order valence-electron chi connectivity index (χ3n) is 2.17. The summed E-state index contributed by atoms with van der Waals surface area (Å²) in [6.45, 7) is 0. The lowest BCUT2D eigenvalue weighted by atomic mass is 10.3. The van der Waals surface area contributed by atoms with E-state index in [0.29, 0.717) is 20.8 Å². The molecular formula is C11H6Cl3N3O3. The third-order valence-corrected chi connectivity index (χ3v) is 2.98. The largest absolute Gasteiger partial charge is 0.433 e.